The molecule has 0 saturated carbocycles. The van der Waals surface area contributed by atoms with Crippen molar-refractivity contribution in [2.75, 3.05) is 11.9 Å². The molecule has 0 aliphatic carbocycles. The highest BCUT2D eigenvalue weighted by atomic mass is 32.2. The van der Waals surface area contributed by atoms with Gasteiger partial charge in [-0.25, -0.2) is 17.9 Å². The maximum absolute atomic E-state index is 12.8. The summed E-state index contributed by atoms with van der Waals surface area (Å²) in [6.45, 7) is -0.297. The van der Waals surface area contributed by atoms with Gasteiger partial charge in [0.15, 0.2) is 0 Å². The molecule has 0 spiro atoms. The van der Waals surface area contributed by atoms with Crippen LogP contribution in [0.15, 0.2) is 59.5 Å². The van der Waals surface area contributed by atoms with Gasteiger partial charge in [0.05, 0.1) is 16.6 Å². The molecule has 9 heteroatoms. The van der Waals surface area contributed by atoms with Gasteiger partial charge in [-0.1, -0.05) is 24.3 Å². The highest BCUT2D eigenvalue weighted by molar-refractivity contribution is 7.89. The van der Waals surface area contributed by atoms with Crippen molar-refractivity contribution in [2.45, 2.75) is 11.0 Å². The second-order valence-electron chi connectivity index (χ2n) is 6.59. The fourth-order valence-electron chi connectivity index (χ4n) is 3.33. The van der Waals surface area contributed by atoms with E-state index in [1.807, 2.05) is 0 Å². The van der Waals surface area contributed by atoms with Crippen molar-refractivity contribution in [3.05, 3.63) is 71.3 Å². The monoisotopic (exact) mass is 412 g/mol. The number of rotatable bonds is 6. The van der Waals surface area contributed by atoms with Crippen molar-refractivity contribution in [1.82, 2.24) is 4.72 Å². The van der Waals surface area contributed by atoms with Crippen LogP contribution in [0, 0.1) is 0 Å². The number of sulfonamides is 1. The molecule has 1 amide bonds. The largest absolute Gasteiger partial charge is 0.478 e. The number of aromatic carboxylic acids is 1. The van der Waals surface area contributed by atoms with E-state index in [1.165, 1.54) is 36.4 Å². The van der Waals surface area contributed by atoms with Gasteiger partial charge in [-0.3, -0.25) is 4.79 Å². The molecular formula is C20H16N2O6S. The summed E-state index contributed by atoms with van der Waals surface area (Å²) < 4.78 is 28.1. The first-order valence-corrected chi connectivity index (χ1v) is 10.1. The van der Waals surface area contributed by atoms with Crippen LogP contribution in [-0.2, 0) is 10.0 Å². The minimum atomic E-state index is -3.98. The van der Waals surface area contributed by atoms with Crippen LogP contribution in [0.4, 0.5) is 5.69 Å². The molecule has 0 bridgehead atoms. The molecule has 0 aromatic heterocycles. The predicted octanol–water partition coefficient (Wildman–Crippen LogP) is 2.12. The molecule has 0 fully saturated rings. The van der Waals surface area contributed by atoms with Gasteiger partial charge < -0.3 is 15.5 Å². The van der Waals surface area contributed by atoms with Crippen LogP contribution in [0.3, 0.4) is 0 Å². The van der Waals surface area contributed by atoms with Crippen LogP contribution in [0.5, 0.6) is 0 Å². The predicted molar refractivity (Wildman–Crippen MR) is 105 cm³/mol. The van der Waals surface area contributed by atoms with E-state index in [1.54, 1.807) is 18.2 Å². The molecule has 1 atom stereocenters. The van der Waals surface area contributed by atoms with Gasteiger partial charge in [0.2, 0.25) is 10.0 Å². The lowest BCUT2D eigenvalue weighted by Gasteiger charge is -2.14. The first kappa shape index (κ1) is 19.1. The first-order chi connectivity index (χ1) is 13.8. The molecule has 3 aromatic rings. The summed E-state index contributed by atoms with van der Waals surface area (Å²) in [5.41, 5.74) is 1.41. The number of carbonyl (C=O) groups excluding carboxylic acids is 1. The molecule has 1 aliphatic rings. The smallest absolute Gasteiger partial charge is 0.335 e. The average Bonchev–Trinajstić information content (AvgIpc) is 3.04. The summed E-state index contributed by atoms with van der Waals surface area (Å²) in [5, 5.41) is 22.8. The molecule has 3 aromatic carbocycles. The zero-order valence-electron chi connectivity index (χ0n) is 14.9. The lowest BCUT2D eigenvalue weighted by Crippen LogP contribution is -2.28. The molecule has 0 saturated heterocycles. The molecule has 1 aliphatic heterocycles. The Morgan fingerprint density at radius 2 is 1.79 bits per heavy atom. The summed E-state index contributed by atoms with van der Waals surface area (Å²) in [5.74, 6) is -1.37. The zero-order chi connectivity index (χ0) is 20.8. The molecule has 4 rings (SSSR count). The summed E-state index contributed by atoms with van der Waals surface area (Å²) in [6, 6.07) is 13.3. The molecule has 0 radical (unpaired) electrons. The number of carboxylic acid groups (broad SMARTS) is 1. The topological polar surface area (TPSA) is 133 Å². The third-order valence-electron chi connectivity index (χ3n) is 4.79. The number of hydrogen-bond acceptors (Lipinski definition) is 5. The molecule has 1 unspecified atom stereocenters. The Bertz CT molecular complexity index is 1250. The van der Waals surface area contributed by atoms with Gasteiger partial charge in [-0.15, -0.1) is 0 Å². The molecule has 4 N–H and O–H groups in total. The van der Waals surface area contributed by atoms with E-state index >= 15 is 0 Å². The fourth-order valence-corrected chi connectivity index (χ4v) is 4.57. The van der Waals surface area contributed by atoms with Gasteiger partial charge in [-0.2, -0.15) is 0 Å². The number of aliphatic hydroxyl groups is 1. The number of aliphatic hydroxyl groups excluding tert-OH is 1. The van der Waals surface area contributed by atoms with Crippen LogP contribution < -0.4 is 10.0 Å². The second kappa shape index (κ2) is 6.96. The Hall–Kier alpha value is -3.27. The molecule has 148 valence electrons. The first-order valence-electron chi connectivity index (χ1n) is 8.66. The van der Waals surface area contributed by atoms with Crippen molar-refractivity contribution in [1.29, 1.82) is 0 Å². The summed E-state index contributed by atoms with van der Waals surface area (Å²) in [6.07, 6.45) is -1.16. The Labute approximate surface area is 165 Å². The number of hydrogen-bond donors (Lipinski definition) is 4. The van der Waals surface area contributed by atoms with Gasteiger partial charge in [0.25, 0.3) is 5.91 Å². The van der Waals surface area contributed by atoms with E-state index in [0.29, 0.717) is 27.6 Å². The van der Waals surface area contributed by atoms with Crippen molar-refractivity contribution in [3.8, 4) is 0 Å². The van der Waals surface area contributed by atoms with Crippen LogP contribution in [0.2, 0.25) is 0 Å². The molecule has 8 nitrogen and oxygen atoms in total. The Kier molecular flexibility index (Phi) is 4.58. The Morgan fingerprint density at radius 1 is 1.07 bits per heavy atom. The van der Waals surface area contributed by atoms with E-state index in [9.17, 15) is 23.1 Å². The van der Waals surface area contributed by atoms with Crippen LogP contribution >= 0.6 is 0 Å². The highest BCUT2D eigenvalue weighted by Crippen LogP contribution is 2.36. The van der Waals surface area contributed by atoms with Crippen LogP contribution in [0.1, 0.15) is 32.4 Å². The fraction of sp³-hybridized carbons (Fsp3) is 0.100. The number of carbonyl (C=O) groups is 2. The third kappa shape index (κ3) is 3.35. The number of amides is 1. The van der Waals surface area contributed by atoms with E-state index in [0.717, 1.165) is 0 Å². The van der Waals surface area contributed by atoms with Crippen molar-refractivity contribution in [3.63, 3.8) is 0 Å². The van der Waals surface area contributed by atoms with Gasteiger partial charge in [-0.05, 0) is 35.9 Å². The SMILES string of the molecule is O=C(O)c1ccc(C(O)CNS(=O)(=O)c2ccc3c4c(cccc24)C(=O)N3)cc1. The standard InChI is InChI=1S/C20H16N2O6S/c23-16(11-4-6-12(7-5-11)20(25)26)10-21-29(27,28)17-9-8-15-18-13(17)2-1-3-14(18)19(24)22-15/h1-9,16,21,23H,10H2,(H,22,24)(H,25,26). The van der Waals surface area contributed by atoms with E-state index in [4.69, 9.17) is 5.11 Å². The molecule has 1 heterocycles. The Balaban J connectivity index is 1.59. The number of anilines is 1. The van der Waals surface area contributed by atoms with E-state index in [2.05, 4.69) is 10.0 Å². The van der Waals surface area contributed by atoms with Crippen molar-refractivity contribution in [2.24, 2.45) is 0 Å². The minimum absolute atomic E-state index is 0.00280. The normalized spacial score (nSPS) is 14.0. The summed E-state index contributed by atoms with van der Waals surface area (Å²) in [7, 11) is -3.98. The lowest BCUT2D eigenvalue weighted by molar-refractivity contribution is 0.0696. The van der Waals surface area contributed by atoms with Gasteiger partial charge in [0.1, 0.15) is 0 Å². The van der Waals surface area contributed by atoms with Crippen molar-refractivity contribution >= 4 is 38.4 Å². The van der Waals surface area contributed by atoms with Gasteiger partial charge in [0, 0.05) is 28.6 Å². The van der Waals surface area contributed by atoms with Crippen molar-refractivity contribution < 1.29 is 28.2 Å². The minimum Gasteiger partial charge on any atom is -0.478 e. The lowest BCUT2D eigenvalue weighted by atomic mass is 10.1. The highest BCUT2D eigenvalue weighted by Gasteiger charge is 2.26. The molecular weight excluding hydrogens is 396 g/mol. The summed E-state index contributed by atoms with van der Waals surface area (Å²) >= 11 is 0. The average molecular weight is 412 g/mol. The van der Waals surface area contributed by atoms with Gasteiger partial charge >= 0.3 is 5.97 Å². The number of carboxylic acids is 1. The quantitative estimate of drug-likeness (QED) is 0.490. The van der Waals surface area contributed by atoms with E-state index in [-0.39, 0.29) is 22.9 Å². The number of benzene rings is 3. The number of nitrogens with one attached hydrogen (secondary N) is 2. The maximum atomic E-state index is 12.8. The second-order valence-corrected chi connectivity index (χ2v) is 8.32. The third-order valence-corrected chi connectivity index (χ3v) is 6.27. The van der Waals surface area contributed by atoms with Crippen LogP contribution in [0.25, 0.3) is 10.8 Å². The zero-order valence-corrected chi connectivity index (χ0v) is 15.7. The molecule has 29 heavy (non-hydrogen) atoms. The Morgan fingerprint density at radius 3 is 2.48 bits per heavy atom. The maximum Gasteiger partial charge on any atom is 0.335 e. The van der Waals surface area contributed by atoms with E-state index < -0.39 is 22.1 Å². The van der Waals surface area contributed by atoms with Crippen LogP contribution in [-0.4, -0.2) is 37.1 Å². The summed E-state index contributed by atoms with van der Waals surface area (Å²) in [4.78, 5) is 22.9.